The van der Waals surface area contributed by atoms with Crippen LogP contribution in [0.3, 0.4) is 0 Å². The summed E-state index contributed by atoms with van der Waals surface area (Å²) in [6.45, 7) is 1.23. The number of carbonyl (C=O) groups excluding carboxylic acids is 1. The van der Waals surface area contributed by atoms with Crippen molar-refractivity contribution < 1.29 is 9.53 Å². The molecule has 1 amide bonds. The Labute approximate surface area is 160 Å². The van der Waals surface area contributed by atoms with Gasteiger partial charge in [-0.15, -0.1) is 0 Å². The molecule has 2 fully saturated rings. The second kappa shape index (κ2) is 8.13. The van der Waals surface area contributed by atoms with Crippen molar-refractivity contribution in [2.45, 2.75) is 44.7 Å². The SMILES string of the molecule is NC1C2CCCC1CC(C(=O)Nc1ccccc1OCCn1ccnc1)C2. The van der Waals surface area contributed by atoms with Crippen molar-refractivity contribution >= 4 is 11.6 Å². The number of rotatable bonds is 6. The van der Waals surface area contributed by atoms with E-state index in [9.17, 15) is 4.79 Å². The molecular weight excluding hydrogens is 340 g/mol. The first-order valence-electron chi connectivity index (χ1n) is 9.94. The number of fused-ring (bicyclic) bond motifs is 2. The molecule has 0 spiro atoms. The van der Waals surface area contributed by atoms with Gasteiger partial charge in [-0.05, 0) is 49.7 Å². The lowest BCUT2D eigenvalue weighted by Crippen LogP contribution is -2.48. The molecule has 1 heterocycles. The van der Waals surface area contributed by atoms with Crippen LogP contribution in [0.2, 0.25) is 0 Å². The van der Waals surface area contributed by atoms with Gasteiger partial charge in [-0.25, -0.2) is 4.98 Å². The molecule has 2 atom stereocenters. The zero-order valence-corrected chi connectivity index (χ0v) is 15.6. The fourth-order valence-electron chi connectivity index (χ4n) is 4.61. The Morgan fingerprint density at radius 3 is 2.78 bits per heavy atom. The van der Waals surface area contributed by atoms with Crippen LogP contribution in [0.25, 0.3) is 0 Å². The molecule has 1 aromatic heterocycles. The molecule has 27 heavy (non-hydrogen) atoms. The number of nitrogens with two attached hydrogens (primary N) is 1. The molecule has 2 saturated carbocycles. The maximum Gasteiger partial charge on any atom is 0.227 e. The number of hydrogen-bond donors (Lipinski definition) is 2. The molecule has 144 valence electrons. The zero-order chi connectivity index (χ0) is 18.6. The minimum atomic E-state index is 0.0547. The minimum Gasteiger partial charge on any atom is -0.490 e. The van der Waals surface area contributed by atoms with Gasteiger partial charge in [-0.3, -0.25) is 4.79 Å². The first-order chi connectivity index (χ1) is 13.2. The first kappa shape index (κ1) is 18.0. The minimum absolute atomic E-state index is 0.0547. The number of nitrogens with zero attached hydrogens (tertiary/aromatic N) is 2. The third-order valence-electron chi connectivity index (χ3n) is 6.09. The standard InChI is InChI=1S/C21H28N4O2/c22-20-15-4-3-5-16(20)13-17(12-15)21(26)24-18-6-1-2-7-19(18)27-11-10-25-9-8-23-14-25/h1-2,6-9,14-17,20H,3-5,10-13,22H2,(H,24,26). The molecule has 4 rings (SSSR count). The molecular formula is C21H28N4O2. The highest BCUT2D eigenvalue weighted by Gasteiger charge is 2.40. The number of ether oxygens (including phenoxy) is 1. The van der Waals surface area contributed by atoms with Crippen LogP contribution in [-0.2, 0) is 11.3 Å². The Morgan fingerprint density at radius 2 is 2.04 bits per heavy atom. The Hall–Kier alpha value is -2.34. The smallest absolute Gasteiger partial charge is 0.227 e. The van der Waals surface area contributed by atoms with Crippen molar-refractivity contribution in [2.75, 3.05) is 11.9 Å². The van der Waals surface area contributed by atoms with Gasteiger partial charge in [-0.2, -0.15) is 0 Å². The topological polar surface area (TPSA) is 82.2 Å². The van der Waals surface area contributed by atoms with Crippen LogP contribution >= 0.6 is 0 Å². The van der Waals surface area contributed by atoms with Crippen molar-refractivity contribution in [3.8, 4) is 5.75 Å². The number of benzene rings is 1. The second-order valence-electron chi connectivity index (χ2n) is 7.83. The molecule has 6 nitrogen and oxygen atoms in total. The Morgan fingerprint density at radius 1 is 1.26 bits per heavy atom. The zero-order valence-electron chi connectivity index (χ0n) is 15.6. The van der Waals surface area contributed by atoms with E-state index in [0.717, 1.165) is 31.4 Å². The van der Waals surface area contributed by atoms with E-state index in [1.165, 1.54) is 6.42 Å². The fourth-order valence-corrected chi connectivity index (χ4v) is 4.61. The van der Waals surface area contributed by atoms with E-state index < -0.39 is 0 Å². The number of carbonyl (C=O) groups is 1. The molecule has 2 aliphatic rings. The molecule has 0 radical (unpaired) electrons. The molecule has 0 aliphatic heterocycles. The average Bonchev–Trinajstić information content (AvgIpc) is 3.16. The van der Waals surface area contributed by atoms with Crippen molar-refractivity contribution in [1.29, 1.82) is 0 Å². The maximum atomic E-state index is 12.9. The van der Waals surface area contributed by atoms with Crippen molar-refractivity contribution in [3.05, 3.63) is 43.0 Å². The van der Waals surface area contributed by atoms with Gasteiger partial charge in [0.1, 0.15) is 12.4 Å². The highest BCUT2D eigenvalue weighted by molar-refractivity contribution is 5.94. The van der Waals surface area contributed by atoms with Crippen molar-refractivity contribution in [1.82, 2.24) is 9.55 Å². The molecule has 2 aliphatic carbocycles. The number of nitrogens with one attached hydrogen (secondary N) is 1. The summed E-state index contributed by atoms with van der Waals surface area (Å²) < 4.78 is 7.87. The summed E-state index contributed by atoms with van der Waals surface area (Å²) in [4.78, 5) is 16.9. The van der Waals surface area contributed by atoms with Gasteiger partial charge in [0.05, 0.1) is 18.6 Å². The fraction of sp³-hybridized carbons (Fsp3) is 0.524. The summed E-state index contributed by atoms with van der Waals surface area (Å²) in [6, 6.07) is 7.92. The van der Waals surface area contributed by atoms with Gasteiger partial charge in [0, 0.05) is 24.4 Å². The summed E-state index contributed by atoms with van der Waals surface area (Å²) >= 11 is 0. The van der Waals surface area contributed by atoms with E-state index in [-0.39, 0.29) is 17.9 Å². The third-order valence-corrected chi connectivity index (χ3v) is 6.09. The first-order valence-corrected chi connectivity index (χ1v) is 9.94. The van der Waals surface area contributed by atoms with E-state index in [0.29, 0.717) is 30.7 Å². The summed E-state index contributed by atoms with van der Waals surface area (Å²) in [5.74, 6) is 1.85. The van der Waals surface area contributed by atoms with Crippen LogP contribution in [0.15, 0.2) is 43.0 Å². The number of amides is 1. The van der Waals surface area contributed by atoms with Gasteiger partial charge < -0.3 is 20.4 Å². The van der Waals surface area contributed by atoms with Crippen LogP contribution in [0.1, 0.15) is 32.1 Å². The maximum absolute atomic E-state index is 12.9. The third kappa shape index (κ3) is 4.16. The van der Waals surface area contributed by atoms with Crippen LogP contribution in [-0.4, -0.2) is 28.1 Å². The van der Waals surface area contributed by atoms with Crippen LogP contribution in [0.4, 0.5) is 5.69 Å². The van der Waals surface area contributed by atoms with Gasteiger partial charge in [-0.1, -0.05) is 18.6 Å². The van der Waals surface area contributed by atoms with Crippen LogP contribution in [0.5, 0.6) is 5.75 Å². The lowest BCUT2D eigenvalue weighted by atomic mass is 9.65. The van der Waals surface area contributed by atoms with Gasteiger partial charge >= 0.3 is 0 Å². The molecule has 0 saturated heterocycles. The van der Waals surface area contributed by atoms with E-state index in [2.05, 4.69) is 10.3 Å². The quantitative estimate of drug-likeness (QED) is 0.821. The monoisotopic (exact) mass is 368 g/mol. The molecule has 2 aromatic rings. The Kier molecular flexibility index (Phi) is 5.43. The Balaban J connectivity index is 1.36. The van der Waals surface area contributed by atoms with Crippen molar-refractivity contribution in [3.63, 3.8) is 0 Å². The normalized spacial score (nSPS) is 27.1. The van der Waals surface area contributed by atoms with Gasteiger partial charge in [0.25, 0.3) is 0 Å². The highest BCUT2D eigenvalue weighted by Crippen LogP contribution is 2.42. The van der Waals surface area contributed by atoms with Crippen LogP contribution < -0.4 is 15.8 Å². The molecule has 1 aromatic carbocycles. The summed E-state index contributed by atoms with van der Waals surface area (Å²) in [5.41, 5.74) is 7.10. The van der Waals surface area contributed by atoms with E-state index in [4.69, 9.17) is 10.5 Å². The number of hydrogen-bond acceptors (Lipinski definition) is 4. The largest absolute Gasteiger partial charge is 0.490 e. The molecule has 6 heteroatoms. The number of para-hydroxylation sites is 2. The summed E-state index contributed by atoms with van der Waals surface area (Å²) in [6.07, 6.45) is 10.8. The van der Waals surface area contributed by atoms with Crippen molar-refractivity contribution in [2.24, 2.45) is 23.5 Å². The molecule has 2 unspecified atom stereocenters. The highest BCUT2D eigenvalue weighted by atomic mass is 16.5. The summed E-state index contributed by atoms with van der Waals surface area (Å²) in [5, 5.41) is 3.10. The molecule has 2 bridgehead atoms. The van der Waals surface area contributed by atoms with Crippen LogP contribution in [0, 0.1) is 17.8 Å². The summed E-state index contributed by atoms with van der Waals surface area (Å²) in [7, 11) is 0. The Bertz CT molecular complexity index is 747. The van der Waals surface area contributed by atoms with Gasteiger partial charge in [0.2, 0.25) is 5.91 Å². The molecule has 3 N–H and O–H groups in total. The lowest BCUT2D eigenvalue weighted by molar-refractivity contribution is -0.122. The predicted molar refractivity (Wildman–Crippen MR) is 104 cm³/mol. The van der Waals surface area contributed by atoms with E-state index >= 15 is 0 Å². The second-order valence-corrected chi connectivity index (χ2v) is 7.83. The number of imidazole rings is 1. The number of anilines is 1. The van der Waals surface area contributed by atoms with Gasteiger partial charge in [0.15, 0.2) is 0 Å². The number of aromatic nitrogens is 2. The lowest BCUT2D eigenvalue weighted by Gasteiger charge is -2.43. The average molecular weight is 368 g/mol. The van der Waals surface area contributed by atoms with E-state index in [1.807, 2.05) is 35.0 Å². The predicted octanol–water partition coefficient (Wildman–Crippen LogP) is 3.05. The van der Waals surface area contributed by atoms with E-state index in [1.54, 1.807) is 12.5 Å².